The van der Waals surface area contributed by atoms with Crippen molar-refractivity contribution in [1.29, 1.82) is 0 Å². The summed E-state index contributed by atoms with van der Waals surface area (Å²) in [5.74, 6) is 2.11. The number of benzene rings is 1. The van der Waals surface area contributed by atoms with Gasteiger partial charge in [0.1, 0.15) is 0 Å². The topological polar surface area (TPSA) is 0 Å². The molecule has 0 spiro atoms. The summed E-state index contributed by atoms with van der Waals surface area (Å²) in [6.07, 6.45) is 1.26. The molecule has 0 saturated heterocycles. The summed E-state index contributed by atoms with van der Waals surface area (Å²) in [4.78, 5) is 1.50. The predicted octanol–water partition coefficient (Wildman–Crippen LogP) is 4.27. The molecule has 0 N–H and O–H groups in total. The predicted molar refractivity (Wildman–Crippen MR) is 68.7 cm³/mol. The molecular formula is C14H20S. The Balaban J connectivity index is 2.37. The first kappa shape index (κ1) is 11.1. The minimum absolute atomic E-state index is 0.278. The van der Waals surface area contributed by atoms with Crippen molar-refractivity contribution in [3.05, 3.63) is 29.3 Å². The zero-order chi connectivity index (χ0) is 11.1. The summed E-state index contributed by atoms with van der Waals surface area (Å²) in [5, 5.41) is 0. The normalized spacial score (nSPS) is 21.2. The number of fused-ring (bicyclic) bond motifs is 1. The van der Waals surface area contributed by atoms with Gasteiger partial charge in [-0.3, -0.25) is 0 Å². The van der Waals surface area contributed by atoms with E-state index in [1.54, 1.807) is 5.56 Å². The molecule has 82 valence electrons. The Hall–Kier alpha value is -0.430. The fourth-order valence-electron chi connectivity index (χ4n) is 2.01. The standard InChI is InChI=1S/C14H20S/c1-10-7-11-8-12(14(2,3)4)5-6-13(11)15-9-10/h5-6,8,10H,7,9H2,1-4H3. The van der Waals surface area contributed by atoms with Crippen molar-refractivity contribution in [3.8, 4) is 0 Å². The van der Waals surface area contributed by atoms with Gasteiger partial charge < -0.3 is 0 Å². The molecular weight excluding hydrogens is 200 g/mol. The van der Waals surface area contributed by atoms with Crippen LogP contribution < -0.4 is 0 Å². The van der Waals surface area contributed by atoms with E-state index >= 15 is 0 Å². The van der Waals surface area contributed by atoms with Crippen molar-refractivity contribution < 1.29 is 0 Å². The lowest BCUT2D eigenvalue weighted by molar-refractivity contribution is 0.583. The van der Waals surface area contributed by atoms with Gasteiger partial charge in [0.05, 0.1) is 0 Å². The molecule has 1 unspecified atom stereocenters. The van der Waals surface area contributed by atoms with E-state index in [-0.39, 0.29) is 5.41 Å². The zero-order valence-corrected chi connectivity index (χ0v) is 10.9. The Morgan fingerprint density at radius 1 is 1.27 bits per heavy atom. The molecule has 2 rings (SSSR count). The van der Waals surface area contributed by atoms with Crippen molar-refractivity contribution in [2.45, 2.75) is 44.4 Å². The molecule has 0 amide bonds. The van der Waals surface area contributed by atoms with E-state index < -0.39 is 0 Å². The van der Waals surface area contributed by atoms with Crippen LogP contribution in [-0.2, 0) is 11.8 Å². The van der Waals surface area contributed by atoms with Crippen LogP contribution in [0.15, 0.2) is 23.1 Å². The third kappa shape index (κ3) is 2.39. The van der Waals surface area contributed by atoms with Gasteiger partial charge in [-0.1, -0.05) is 39.8 Å². The smallest absolute Gasteiger partial charge is 0.0104 e. The van der Waals surface area contributed by atoms with Crippen LogP contribution >= 0.6 is 11.8 Å². The Kier molecular flexibility index (Phi) is 2.85. The van der Waals surface area contributed by atoms with Gasteiger partial charge in [0.25, 0.3) is 0 Å². The van der Waals surface area contributed by atoms with Crippen molar-refractivity contribution in [2.24, 2.45) is 5.92 Å². The summed E-state index contributed by atoms with van der Waals surface area (Å²) in [6.45, 7) is 9.20. The number of hydrogen-bond acceptors (Lipinski definition) is 1. The third-order valence-corrected chi connectivity index (χ3v) is 4.46. The van der Waals surface area contributed by atoms with E-state index in [1.807, 2.05) is 11.8 Å². The van der Waals surface area contributed by atoms with Crippen LogP contribution in [0.1, 0.15) is 38.8 Å². The van der Waals surface area contributed by atoms with E-state index in [0.717, 1.165) is 5.92 Å². The summed E-state index contributed by atoms with van der Waals surface area (Å²) < 4.78 is 0. The molecule has 0 fully saturated rings. The molecule has 1 aliphatic heterocycles. The minimum atomic E-state index is 0.278. The van der Waals surface area contributed by atoms with E-state index in [9.17, 15) is 0 Å². The average molecular weight is 220 g/mol. The molecule has 15 heavy (non-hydrogen) atoms. The van der Waals surface area contributed by atoms with Crippen LogP contribution in [-0.4, -0.2) is 5.75 Å². The van der Waals surface area contributed by atoms with E-state index in [0.29, 0.717) is 0 Å². The lowest BCUT2D eigenvalue weighted by Gasteiger charge is -2.25. The first-order valence-electron chi connectivity index (χ1n) is 5.73. The number of thioether (sulfide) groups is 1. The first-order chi connectivity index (χ1) is 6.97. The van der Waals surface area contributed by atoms with Gasteiger partial charge in [-0.2, -0.15) is 0 Å². The molecule has 0 saturated carbocycles. The third-order valence-electron chi connectivity index (χ3n) is 3.02. The van der Waals surface area contributed by atoms with E-state index in [2.05, 4.69) is 45.9 Å². The van der Waals surface area contributed by atoms with Gasteiger partial charge in [0, 0.05) is 10.6 Å². The Morgan fingerprint density at radius 2 is 2.00 bits per heavy atom. The average Bonchev–Trinajstić information content (AvgIpc) is 2.15. The second-order valence-electron chi connectivity index (χ2n) is 5.69. The Bertz CT molecular complexity index is 360. The lowest BCUT2D eigenvalue weighted by atomic mass is 9.85. The molecule has 1 heterocycles. The number of hydrogen-bond donors (Lipinski definition) is 0. The minimum Gasteiger partial charge on any atom is -0.126 e. The van der Waals surface area contributed by atoms with E-state index in [4.69, 9.17) is 0 Å². The monoisotopic (exact) mass is 220 g/mol. The quantitative estimate of drug-likeness (QED) is 0.629. The highest BCUT2D eigenvalue weighted by molar-refractivity contribution is 7.99. The second kappa shape index (κ2) is 3.86. The number of rotatable bonds is 0. The summed E-state index contributed by atoms with van der Waals surface area (Å²) in [7, 11) is 0. The van der Waals surface area contributed by atoms with Crippen LogP contribution in [0.5, 0.6) is 0 Å². The van der Waals surface area contributed by atoms with Crippen LogP contribution in [0.4, 0.5) is 0 Å². The van der Waals surface area contributed by atoms with E-state index in [1.165, 1.54) is 22.6 Å². The summed E-state index contributed by atoms with van der Waals surface area (Å²) in [5.41, 5.74) is 3.31. The zero-order valence-electron chi connectivity index (χ0n) is 10.1. The Morgan fingerprint density at radius 3 is 2.67 bits per heavy atom. The maximum atomic E-state index is 2.41. The molecule has 0 aromatic heterocycles. The van der Waals surface area contributed by atoms with Crippen LogP contribution in [0.2, 0.25) is 0 Å². The Labute approximate surface area is 97.5 Å². The molecule has 0 radical (unpaired) electrons. The van der Waals surface area contributed by atoms with Gasteiger partial charge in [0.15, 0.2) is 0 Å². The van der Waals surface area contributed by atoms with Gasteiger partial charge in [0.2, 0.25) is 0 Å². The fraction of sp³-hybridized carbons (Fsp3) is 0.571. The molecule has 1 heteroatoms. The van der Waals surface area contributed by atoms with Crippen molar-refractivity contribution in [1.82, 2.24) is 0 Å². The maximum Gasteiger partial charge on any atom is 0.0104 e. The molecule has 1 aromatic rings. The molecule has 0 nitrogen and oxygen atoms in total. The summed E-state index contributed by atoms with van der Waals surface area (Å²) in [6, 6.07) is 7.02. The SMILES string of the molecule is CC1CSc2ccc(C(C)(C)C)cc2C1. The van der Waals surface area contributed by atoms with Crippen molar-refractivity contribution in [2.75, 3.05) is 5.75 Å². The van der Waals surface area contributed by atoms with Crippen molar-refractivity contribution >= 4 is 11.8 Å². The van der Waals surface area contributed by atoms with Crippen LogP contribution in [0.3, 0.4) is 0 Å². The van der Waals surface area contributed by atoms with Gasteiger partial charge in [-0.05, 0) is 34.9 Å². The van der Waals surface area contributed by atoms with Crippen LogP contribution in [0.25, 0.3) is 0 Å². The molecule has 0 bridgehead atoms. The lowest BCUT2D eigenvalue weighted by Crippen LogP contribution is -2.14. The van der Waals surface area contributed by atoms with Crippen LogP contribution in [0, 0.1) is 5.92 Å². The maximum absolute atomic E-state index is 2.41. The van der Waals surface area contributed by atoms with Gasteiger partial charge in [-0.15, -0.1) is 11.8 Å². The van der Waals surface area contributed by atoms with Gasteiger partial charge >= 0.3 is 0 Å². The second-order valence-corrected chi connectivity index (χ2v) is 6.75. The molecule has 1 aromatic carbocycles. The highest BCUT2D eigenvalue weighted by Gasteiger charge is 2.19. The summed E-state index contributed by atoms with van der Waals surface area (Å²) >= 11 is 2.02. The van der Waals surface area contributed by atoms with Crippen molar-refractivity contribution in [3.63, 3.8) is 0 Å². The molecule has 1 atom stereocenters. The highest BCUT2D eigenvalue weighted by atomic mass is 32.2. The fourth-order valence-corrected chi connectivity index (χ4v) is 3.09. The first-order valence-corrected chi connectivity index (χ1v) is 6.71. The molecule has 0 aliphatic carbocycles. The van der Waals surface area contributed by atoms with Gasteiger partial charge in [-0.25, -0.2) is 0 Å². The molecule has 1 aliphatic rings. The largest absolute Gasteiger partial charge is 0.126 e. The highest BCUT2D eigenvalue weighted by Crippen LogP contribution is 2.35.